The summed E-state index contributed by atoms with van der Waals surface area (Å²) in [5.74, 6) is -0.837. The summed E-state index contributed by atoms with van der Waals surface area (Å²) >= 11 is 0. The zero-order valence-corrected chi connectivity index (χ0v) is 12.1. The third-order valence-corrected chi connectivity index (χ3v) is 3.87. The van der Waals surface area contributed by atoms with Gasteiger partial charge in [-0.05, 0) is 30.7 Å². The normalized spacial score (nSPS) is 17.8. The van der Waals surface area contributed by atoms with Crippen LogP contribution in [0.2, 0.25) is 0 Å². The Balaban J connectivity index is 1.72. The van der Waals surface area contributed by atoms with Gasteiger partial charge in [0.2, 0.25) is 0 Å². The van der Waals surface area contributed by atoms with E-state index >= 15 is 0 Å². The van der Waals surface area contributed by atoms with Crippen molar-refractivity contribution in [2.24, 2.45) is 0 Å². The SMILES string of the molecule is Fc1cccc(F)c1C1CCN(c2ccc(OC(F)F)cn2)C1. The van der Waals surface area contributed by atoms with Crippen molar-refractivity contribution in [3.8, 4) is 5.75 Å². The monoisotopic (exact) mass is 326 g/mol. The first-order valence-electron chi connectivity index (χ1n) is 7.14. The summed E-state index contributed by atoms with van der Waals surface area (Å²) in [4.78, 5) is 5.93. The highest BCUT2D eigenvalue weighted by molar-refractivity contribution is 5.43. The van der Waals surface area contributed by atoms with Crippen molar-refractivity contribution < 1.29 is 22.3 Å². The molecule has 1 aliphatic rings. The largest absolute Gasteiger partial charge is 0.433 e. The van der Waals surface area contributed by atoms with Crippen molar-refractivity contribution in [3.63, 3.8) is 0 Å². The van der Waals surface area contributed by atoms with Crippen LogP contribution in [0.15, 0.2) is 36.5 Å². The van der Waals surface area contributed by atoms with Gasteiger partial charge in [0, 0.05) is 24.6 Å². The van der Waals surface area contributed by atoms with E-state index in [-0.39, 0.29) is 17.2 Å². The zero-order chi connectivity index (χ0) is 16.4. The van der Waals surface area contributed by atoms with Gasteiger partial charge in [-0.25, -0.2) is 13.8 Å². The van der Waals surface area contributed by atoms with E-state index in [9.17, 15) is 17.6 Å². The van der Waals surface area contributed by atoms with Gasteiger partial charge in [0.1, 0.15) is 23.2 Å². The Morgan fingerprint density at radius 1 is 1.13 bits per heavy atom. The van der Waals surface area contributed by atoms with Crippen LogP contribution in [0.5, 0.6) is 5.75 Å². The highest BCUT2D eigenvalue weighted by Crippen LogP contribution is 2.33. The van der Waals surface area contributed by atoms with E-state index in [1.807, 2.05) is 4.90 Å². The molecular weight excluding hydrogens is 312 g/mol. The molecule has 3 rings (SSSR count). The van der Waals surface area contributed by atoms with Crippen molar-refractivity contribution >= 4 is 5.82 Å². The minimum Gasteiger partial charge on any atom is -0.433 e. The lowest BCUT2D eigenvalue weighted by Crippen LogP contribution is -2.20. The third kappa shape index (κ3) is 3.38. The molecule has 0 aliphatic carbocycles. The molecule has 1 saturated heterocycles. The number of benzene rings is 1. The molecule has 2 aromatic rings. The molecule has 0 amide bonds. The molecule has 1 atom stereocenters. The molecule has 23 heavy (non-hydrogen) atoms. The number of halogens is 4. The summed E-state index contributed by atoms with van der Waals surface area (Å²) in [7, 11) is 0. The van der Waals surface area contributed by atoms with E-state index in [0.717, 1.165) is 0 Å². The van der Waals surface area contributed by atoms with E-state index < -0.39 is 18.2 Å². The van der Waals surface area contributed by atoms with Crippen molar-refractivity contribution in [3.05, 3.63) is 53.7 Å². The number of anilines is 1. The van der Waals surface area contributed by atoms with E-state index in [0.29, 0.717) is 25.3 Å². The number of rotatable bonds is 4. The number of aromatic nitrogens is 1. The smallest absolute Gasteiger partial charge is 0.387 e. The van der Waals surface area contributed by atoms with Crippen molar-refractivity contribution in [2.75, 3.05) is 18.0 Å². The van der Waals surface area contributed by atoms with Gasteiger partial charge in [0.15, 0.2) is 0 Å². The first kappa shape index (κ1) is 15.6. The number of pyridine rings is 1. The van der Waals surface area contributed by atoms with Gasteiger partial charge in [0.05, 0.1) is 6.20 Å². The Bertz CT molecular complexity index is 658. The molecule has 0 N–H and O–H groups in total. The Labute approximate surface area is 130 Å². The molecule has 0 bridgehead atoms. The van der Waals surface area contributed by atoms with Crippen LogP contribution in [0.25, 0.3) is 0 Å². The fourth-order valence-corrected chi connectivity index (χ4v) is 2.84. The van der Waals surface area contributed by atoms with Crippen LogP contribution in [0.1, 0.15) is 17.9 Å². The molecule has 122 valence electrons. The third-order valence-electron chi connectivity index (χ3n) is 3.87. The van der Waals surface area contributed by atoms with Gasteiger partial charge < -0.3 is 9.64 Å². The fraction of sp³-hybridized carbons (Fsp3) is 0.312. The van der Waals surface area contributed by atoms with Crippen molar-refractivity contribution in [1.29, 1.82) is 0 Å². The van der Waals surface area contributed by atoms with Gasteiger partial charge in [-0.2, -0.15) is 8.78 Å². The zero-order valence-electron chi connectivity index (χ0n) is 12.1. The van der Waals surface area contributed by atoms with Crippen molar-refractivity contribution in [2.45, 2.75) is 19.0 Å². The maximum absolute atomic E-state index is 13.8. The molecule has 7 heteroatoms. The maximum atomic E-state index is 13.8. The molecule has 2 heterocycles. The Kier molecular flexibility index (Phi) is 4.36. The molecule has 1 aromatic heterocycles. The highest BCUT2D eigenvalue weighted by atomic mass is 19.3. The summed E-state index contributed by atoms with van der Waals surface area (Å²) in [6.45, 7) is -1.90. The van der Waals surface area contributed by atoms with Gasteiger partial charge in [-0.15, -0.1) is 0 Å². The highest BCUT2D eigenvalue weighted by Gasteiger charge is 2.29. The number of ether oxygens (including phenoxy) is 1. The summed E-state index contributed by atoms with van der Waals surface area (Å²) in [6.07, 6.45) is 1.80. The molecule has 0 saturated carbocycles. The summed E-state index contributed by atoms with van der Waals surface area (Å²) in [5.41, 5.74) is 0.0904. The second-order valence-corrected chi connectivity index (χ2v) is 5.30. The molecule has 1 unspecified atom stereocenters. The Morgan fingerprint density at radius 3 is 2.48 bits per heavy atom. The van der Waals surface area contributed by atoms with Crippen LogP contribution in [0, 0.1) is 11.6 Å². The number of hydrogen-bond donors (Lipinski definition) is 0. The molecular formula is C16H14F4N2O. The Morgan fingerprint density at radius 2 is 1.87 bits per heavy atom. The number of nitrogens with zero attached hydrogens (tertiary/aromatic N) is 2. The fourth-order valence-electron chi connectivity index (χ4n) is 2.84. The van der Waals surface area contributed by atoms with Gasteiger partial charge in [0.25, 0.3) is 0 Å². The van der Waals surface area contributed by atoms with Crippen LogP contribution in [0.3, 0.4) is 0 Å². The van der Waals surface area contributed by atoms with Gasteiger partial charge in [-0.3, -0.25) is 0 Å². The average Bonchev–Trinajstić information content (AvgIpc) is 2.97. The summed E-state index contributed by atoms with van der Waals surface area (Å²) in [6, 6.07) is 6.78. The van der Waals surface area contributed by atoms with Crippen molar-refractivity contribution in [1.82, 2.24) is 4.98 Å². The average molecular weight is 326 g/mol. The lowest BCUT2D eigenvalue weighted by atomic mass is 9.97. The van der Waals surface area contributed by atoms with E-state index in [2.05, 4.69) is 9.72 Å². The topological polar surface area (TPSA) is 25.4 Å². The predicted octanol–water partition coefficient (Wildman–Crippen LogP) is 3.96. The van der Waals surface area contributed by atoms with E-state index in [1.54, 1.807) is 6.07 Å². The standard InChI is InChI=1S/C16H14F4N2O/c17-12-2-1-3-13(18)15(12)10-6-7-22(9-10)14-5-4-11(8-21-14)23-16(19)20/h1-5,8,10,16H,6-7,9H2. The lowest BCUT2D eigenvalue weighted by molar-refractivity contribution is -0.0500. The minimum absolute atomic E-state index is 0.0281. The van der Waals surface area contributed by atoms with Gasteiger partial charge in [-0.1, -0.05) is 6.07 Å². The minimum atomic E-state index is -2.90. The lowest BCUT2D eigenvalue weighted by Gasteiger charge is -2.18. The summed E-state index contributed by atoms with van der Waals surface area (Å²) in [5, 5.41) is 0. The molecule has 3 nitrogen and oxygen atoms in total. The molecule has 1 aromatic carbocycles. The second kappa shape index (κ2) is 6.44. The second-order valence-electron chi connectivity index (χ2n) is 5.30. The first-order valence-corrected chi connectivity index (χ1v) is 7.14. The van der Waals surface area contributed by atoms with Crippen LogP contribution < -0.4 is 9.64 Å². The Hall–Kier alpha value is -2.31. The molecule has 0 radical (unpaired) electrons. The molecule has 1 fully saturated rings. The molecule has 0 spiro atoms. The van der Waals surface area contributed by atoms with E-state index in [1.165, 1.54) is 30.5 Å². The quantitative estimate of drug-likeness (QED) is 0.796. The van der Waals surface area contributed by atoms with Crippen LogP contribution in [-0.2, 0) is 0 Å². The van der Waals surface area contributed by atoms with E-state index in [4.69, 9.17) is 0 Å². The number of alkyl halides is 2. The first-order chi connectivity index (χ1) is 11.0. The van der Waals surface area contributed by atoms with Crippen LogP contribution in [-0.4, -0.2) is 24.7 Å². The molecule has 1 aliphatic heterocycles. The number of hydrogen-bond acceptors (Lipinski definition) is 3. The van der Waals surface area contributed by atoms with Crippen LogP contribution in [0.4, 0.5) is 23.4 Å². The summed E-state index contributed by atoms with van der Waals surface area (Å²) < 4.78 is 56.1. The predicted molar refractivity (Wildman–Crippen MR) is 76.8 cm³/mol. The van der Waals surface area contributed by atoms with Gasteiger partial charge >= 0.3 is 6.61 Å². The van der Waals surface area contributed by atoms with Crippen LogP contribution >= 0.6 is 0 Å². The maximum Gasteiger partial charge on any atom is 0.387 e.